The lowest BCUT2D eigenvalue weighted by atomic mass is 10.1. The topological polar surface area (TPSA) is 62.4 Å². The van der Waals surface area contributed by atoms with Crippen molar-refractivity contribution in [1.29, 1.82) is 0 Å². The highest BCUT2D eigenvalue weighted by atomic mass is 35.5. The van der Waals surface area contributed by atoms with Crippen molar-refractivity contribution >= 4 is 17.4 Å². The molecule has 0 radical (unpaired) electrons. The van der Waals surface area contributed by atoms with E-state index in [1.807, 2.05) is 6.08 Å². The molecule has 2 aliphatic rings. The van der Waals surface area contributed by atoms with Crippen LogP contribution in [0, 0.1) is 0 Å². The van der Waals surface area contributed by atoms with Gasteiger partial charge in [-0.3, -0.25) is 0 Å². The number of amidine groups is 1. The molecule has 5 heteroatoms. The van der Waals surface area contributed by atoms with Gasteiger partial charge in [0.1, 0.15) is 0 Å². The Morgan fingerprint density at radius 3 is 3.06 bits per heavy atom. The van der Waals surface area contributed by atoms with Gasteiger partial charge in [0.05, 0.1) is 11.5 Å². The van der Waals surface area contributed by atoms with Crippen molar-refractivity contribution in [3.05, 3.63) is 34.5 Å². The molecule has 4 nitrogen and oxygen atoms in total. The number of hydrogen-bond acceptors (Lipinski definition) is 4. The predicted molar refractivity (Wildman–Crippen MR) is 66.5 cm³/mol. The van der Waals surface area contributed by atoms with E-state index in [1.54, 1.807) is 6.20 Å². The number of fused-ring (bicyclic) bond motifs is 1. The monoisotopic (exact) mass is 238 g/mol. The summed E-state index contributed by atoms with van der Waals surface area (Å²) in [6.45, 7) is 2.07. The lowest BCUT2D eigenvalue weighted by Gasteiger charge is -2.23. The number of allylic oxidation sites excluding steroid dienone is 3. The van der Waals surface area contributed by atoms with Gasteiger partial charge in [0.25, 0.3) is 0 Å². The molecule has 0 unspecified atom stereocenters. The van der Waals surface area contributed by atoms with Gasteiger partial charge in [0.15, 0.2) is 5.84 Å². The molecule has 86 valence electrons. The van der Waals surface area contributed by atoms with Gasteiger partial charge in [-0.1, -0.05) is 18.5 Å². The average Bonchev–Trinajstić information content (AvgIpc) is 2.27. The van der Waals surface area contributed by atoms with E-state index in [-0.39, 0.29) is 0 Å². The number of rotatable bonds is 1. The maximum atomic E-state index is 6.24. The molecule has 0 fully saturated rings. The number of nitrogens with two attached hydrogens (primary N) is 1. The first-order valence-corrected chi connectivity index (χ1v) is 5.74. The summed E-state index contributed by atoms with van der Waals surface area (Å²) < 4.78 is 0. The van der Waals surface area contributed by atoms with Crippen LogP contribution in [0.5, 0.6) is 0 Å². The number of hydrogen-bond donors (Lipinski definition) is 3. The second-order valence-corrected chi connectivity index (χ2v) is 4.17. The van der Waals surface area contributed by atoms with Crippen LogP contribution < -0.4 is 16.4 Å². The van der Waals surface area contributed by atoms with Crippen molar-refractivity contribution in [1.82, 2.24) is 10.6 Å². The van der Waals surface area contributed by atoms with Crippen molar-refractivity contribution in [2.75, 3.05) is 0 Å². The van der Waals surface area contributed by atoms with Crippen molar-refractivity contribution in [2.45, 2.75) is 26.2 Å². The van der Waals surface area contributed by atoms with Gasteiger partial charge in [-0.2, -0.15) is 0 Å². The zero-order valence-electron chi connectivity index (χ0n) is 9.18. The summed E-state index contributed by atoms with van der Waals surface area (Å²) in [5.41, 5.74) is 7.68. The van der Waals surface area contributed by atoms with E-state index >= 15 is 0 Å². The van der Waals surface area contributed by atoms with Crippen LogP contribution in [0.2, 0.25) is 0 Å². The first-order chi connectivity index (χ1) is 7.70. The van der Waals surface area contributed by atoms with Crippen LogP contribution in [0.25, 0.3) is 0 Å². The van der Waals surface area contributed by atoms with E-state index in [9.17, 15) is 0 Å². The Kier molecular flexibility index (Phi) is 3.19. The Morgan fingerprint density at radius 1 is 1.50 bits per heavy atom. The van der Waals surface area contributed by atoms with Gasteiger partial charge in [-0.05, 0) is 25.3 Å². The first kappa shape index (κ1) is 11.1. The zero-order valence-corrected chi connectivity index (χ0v) is 9.93. The summed E-state index contributed by atoms with van der Waals surface area (Å²) in [5, 5.41) is 7.10. The molecule has 2 rings (SSSR count). The Morgan fingerprint density at radius 2 is 2.31 bits per heavy atom. The molecular weight excluding hydrogens is 224 g/mol. The molecule has 0 atom stereocenters. The molecule has 0 bridgehead atoms. The van der Waals surface area contributed by atoms with E-state index in [0.717, 1.165) is 35.7 Å². The average molecular weight is 239 g/mol. The van der Waals surface area contributed by atoms with Crippen LogP contribution in [0.3, 0.4) is 0 Å². The summed E-state index contributed by atoms with van der Waals surface area (Å²) >= 11 is 6.24. The summed E-state index contributed by atoms with van der Waals surface area (Å²) in [5.74, 6) is 1.31. The SMILES string of the molecule is CCC1=CN=C2NC(N)=CCCC(Cl)=C2N1. The van der Waals surface area contributed by atoms with E-state index in [4.69, 9.17) is 17.3 Å². The van der Waals surface area contributed by atoms with Gasteiger partial charge in [-0.15, -0.1) is 0 Å². The number of nitrogens with one attached hydrogen (secondary N) is 2. The van der Waals surface area contributed by atoms with E-state index in [1.165, 1.54) is 0 Å². The largest absolute Gasteiger partial charge is 0.385 e. The van der Waals surface area contributed by atoms with Crippen molar-refractivity contribution in [2.24, 2.45) is 10.7 Å². The number of aliphatic imine (C=N–C) groups is 1. The minimum atomic E-state index is 0.621. The van der Waals surface area contributed by atoms with Gasteiger partial charge in [0, 0.05) is 16.9 Å². The Labute approximate surface area is 99.9 Å². The molecule has 0 aliphatic carbocycles. The molecule has 0 aromatic rings. The van der Waals surface area contributed by atoms with Crippen molar-refractivity contribution < 1.29 is 0 Å². The molecule has 0 spiro atoms. The van der Waals surface area contributed by atoms with Crippen LogP contribution in [0.15, 0.2) is 39.5 Å². The Balaban J connectivity index is 2.35. The quantitative estimate of drug-likeness (QED) is 0.654. The van der Waals surface area contributed by atoms with Crippen LogP contribution >= 0.6 is 11.6 Å². The van der Waals surface area contributed by atoms with E-state index in [0.29, 0.717) is 11.7 Å². The van der Waals surface area contributed by atoms with Crippen molar-refractivity contribution in [3.63, 3.8) is 0 Å². The molecule has 0 aromatic carbocycles. The fourth-order valence-electron chi connectivity index (χ4n) is 1.60. The molecule has 2 heterocycles. The van der Waals surface area contributed by atoms with E-state index < -0.39 is 0 Å². The fraction of sp³-hybridized carbons (Fsp3) is 0.364. The van der Waals surface area contributed by atoms with Crippen LogP contribution in [0.4, 0.5) is 0 Å². The molecule has 0 saturated heterocycles. The standard InChI is InChI=1S/C11H15ClN4/c1-2-7-6-14-11-10(15-7)8(12)4-3-5-9(13)16-11/h5-6,15H,2-4,13H2,1H3,(H,14,16). The Bertz CT molecular complexity index is 418. The second-order valence-electron chi connectivity index (χ2n) is 3.71. The second kappa shape index (κ2) is 4.61. The van der Waals surface area contributed by atoms with Gasteiger partial charge in [0.2, 0.25) is 0 Å². The highest BCUT2D eigenvalue weighted by Crippen LogP contribution is 2.21. The molecule has 16 heavy (non-hydrogen) atoms. The summed E-state index contributed by atoms with van der Waals surface area (Å²) in [7, 11) is 0. The summed E-state index contributed by atoms with van der Waals surface area (Å²) in [6, 6.07) is 0. The highest BCUT2D eigenvalue weighted by molar-refractivity contribution is 6.32. The number of halogens is 1. The smallest absolute Gasteiger partial charge is 0.156 e. The van der Waals surface area contributed by atoms with Gasteiger partial charge in [-0.25, -0.2) is 4.99 Å². The van der Waals surface area contributed by atoms with E-state index in [2.05, 4.69) is 22.5 Å². The number of nitrogens with zero attached hydrogens (tertiary/aromatic N) is 1. The fourth-order valence-corrected chi connectivity index (χ4v) is 1.84. The molecule has 4 N–H and O–H groups in total. The van der Waals surface area contributed by atoms with Crippen LogP contribution in [-0.2, 0) is 0 Å². The third-order valence-electron chi connectivity index (χ3n) is 2.51. The normalized spacial score (nSPS) is 20.5. The minimum Gasteiger partial charge on any atom is -0.385 e. The minimum absolute atomic E-state index is 0.621. The van der Waals surface area contributed by atoms with Crippen LogP contribution in [0.1, 0.15) is 26.2 Å². The molecule has 0 aromatic heterocycles. The maximum Gasteiger partial charge on any atom is 0.156 e. The van der Waals surface area contributed by atoms with Crippen LogP contribution in [-0.4, -0.2) is 5.84 Å². The highest BCUT2D eigenvalue weighted by Gasteiger charge is 2.18. The first-order valence-electron chi connectivity index (χ1n) is 5.36. The van der Waals surface area contributed by atoms with Gasteiger partial charge >= 0.3 is 0 Å². The maximum absolute atomic E-state index is 6.24. The molecular formula is C11H15ClN4. The lowest BCUT2D eigenvalue weighted by molar-refractivity contribution is 0.850. The molecule has 0 amide bonds. The van der Waals surface area contributed by atoms with Gasteiger partial charge < -0.3 is 16.4 Å². The Hall–Kier alpha value is -1.42. The lowest BCUT2D eigenvalue weighted by Crippen LogP contribution is -2.37. The third kappa shape index (κ3) is 2.22. The molecule has 2 aliphatic heterocycles. The van der Waals surface area contributed by atoms with Crippen molar-refractivity contribution in [3.8, 4) is 0 Å². The summed E-state index contributed by atoms with van der Waals surface area (Å²) in [4.78, 5) is 4.32. The predicted octanol–water partition coefficient (Wildman–Crippen LogP) is 1.87. The third-order valence-corrected chi connectivity index (χ3v) is 2.89. The summed E-state index contributed by atoms with van der Waals surface area (Å²) in [6.07, 6.45) is 6.23. The zero-order chi connectivity index (χ0) is 11.5. The molecule has 0 saturated carbocycles.